The minimum Gasteiger partial charge on any atom is -0.481 e. The van der Waals surface area contributed by atoms with E-state index in [4.69, 9.17) is 9.47 Å². The van der Waals surface area contributed by atoms with Gasteiger partial charge in [0.15, 0.2) is 0 Å². The number of nitrogens with zero attached hydrogens (tertiary/aromatic N) is 2. The lowest BCUT2D eigenvalue weighted by atomic mass is 10.2. The van der Waals surface area contributed by atoms with Crippen LogP contribution in [0, 0.1) is 6.92 Å². The van der Waals surface area contributed by atoms with Crippen molar-refractivity contribution in [1.29, 1.82) is 0 Å². The lowest BCUT2D eigenvalue weighted by molar-refractivity contribution is 0.192. The predicted molar refractivity (Wildman–Crippen MR) is 67.5 cm³/mol. The van der Waals surface area contributed by atoms with Gasteiger partial charge in [-0.2, -0.15) is 0 Å². The smallest absolute Gasteiger partial charge is 0.221 e. The summed E-state index contributed by atoms with van der Waals surface area (Å²) < 4.78 is 10.1. The maximum Gasteiger partial charge on any atom is 0.221 e. The molecule has 1 rings (SSSR count). The topological polar surface area (TPSA) is 56.3 Å². The third-order valence-electron chi connectivity index (χ3n) is 2.55. The van der Waals surface area contributed by atoms with Gasteiger partial charge in [-0.3, -0.25) is 0 Å². The van der Waals surface area contributed by atoms with Crippen LogP contribution in [0.25, 0.3) is 0 Å². The van der Waals surface area contributed by atoms with E-state index in [0.29, 0.717) is 5.88 Å². The van der Waals surface area contributed by atoms with E-state index in [9.17, 15) is 0 Å². The molecule has 1 aromatic heterocycles. The zero-order valence-corrected chi connectivity index (χ0v) is 10.8. The second-order valence-corrected chi connectivity index (χ2v) is 3.84. The SMILES string of the molecule is COCCCCCNc1ncnc(OC)c1C. The summed E-state index contributed by atoms with van der Waals surface area (Å²) >= 11 is 0. The van der Waals surface area contributed by atoms with Crippen LogP contribution >= 0.6 is 0 Å². The minimum absolute atomic E-state index is 0.627. The first kappa shape index (κ1) is 13.7. The van der Waals surface area contributed by atoms with Crippen molar-refractivity contribution in [1.82, 2.24) is 9.97 Å². The zero-order chi connectivity index (χ0) is 12.5. The van der Waals surface area contributed by atoms with Crippen molar-refractivity contribution in [3.63, 3.8) is 0 Å². The van der Waals surface area contributed by atoms with E-state index < -0.39 is 0 Å². The molecule has 96 valence electrons. The number of aromatic nitrogens is 2. The van der Waals surface area contributed by atoms with Gasteiger partial charge in [-0.1, -0.05) is 0 Å². The number of methoxy groups -OCH3 is 2. The lowest BCUT2D eigenvalue weighted by Gasteiger charge is -2.10. The van der Waals surface area contributed by atoms with E-state index in [1.54, 1.807) is 14.2 Å². The normalized spacial score (nSPS) is 10.3. The maximum absolute atomic E-state index is 5.14. The van der Waals surface area contributed by atoms with Gasteiger partial charge in [-0.25, -0.2) is 9.97 Å². The van der Waals surface area contributed by atoms with Gasteiger partial charge in [-0.15, -0.1) is 0 Å². The van der Waals surface area contributed by atoms with Gasteiger partial charge in [-0.05, 0) is 26.2 Å². The molecule has 0 spiro atoms. The van der Waals surface area contributed by atoms with Crippen molar-refractivity contribution >= 4 is 5.82 Å². The van der Waals surface area contributed by atoms with Crippen LogP contribution in [0.3, 0.4) is 0 Å². The summed E-state index contributed by atoms with van der Waals surface area (Å²) in [6.07, 6.45) is 4.88. The first-order valence-electron chi connectivity index (χ1n) is 5.88. The van der Waals surface area contributed by atoms with Crippen LogP contribution in [-0.2, 0) is 4.74 Å². The molecule has 0 aliphatic carbocycles. The Morgan fingerprint density at radius 1 is 1.18 bits per heavy atom. The molecule has 1 aromatic rings. The summed E-state index contributed by atoms with van der Waals surface area (Å²) in [6, 6.07) is 0. The average Bonchev–Trinajstić information content (AvgIpc) is 2.35. The average molecular weight is 239 g/mol. The Bertz CT molecular complexity index is 332. The standard InChI is InChI=1S/C12H21N3O2/c1-10-11(14-9-15-12(10)17-3)13-7-5-4-6-8-16-2/h9H,4-8H2,1-3H3,(H,13,14,15). The van der Waals surface area contributed by atoms with Crippen LogP contribution in [0.15, 0.2) is 6.33 Å². The second-order valence-electron chi connectivity index (χ2n) is 3.84. The highest BCUT2D eigenvalue weighted by atomic mass is 16.5. The summed E-state index contributed by atoms with van der Waals surface area (Å²) in [7, 11) is 3.35. The van der Waals surface area contributed by atoms with Crippen molar-refractivity contribution in [3.8, 4) is 5.88 Å². The molecule has 5 nitrogen and oxygen atoms in total. The molecule has 17 heavy (non-hydrogen) atoms. The van der Waals surface area contributed by atoms with Crippen LogP contribution < -0.4 is 10.1 Å². The first-order valence-corrected chi connectivity index (χ1v) is 5.88. The summed E-state index contributed by atoms with van der Waals surface area (Å²) in [4.78, 5) is 8.23. The highest BCUT2D eigenvalue weighted by molar-refractivity contribution is 5.47. The number of hydrogen-bond acceptors (Lipinski definition) is 5. The Morgan fingerprint density at radius 3 is 2.71 bits per heavy atom. The summed E-state index contributed by atoms with van der Waals surface area (Å²) in [6.45, 7) is 3.69. The molecule has 0 fully saturated rings. The molecule has 1 N–H and O–H groups in total. The second kappa shape index (κ2) is 7.84. The molecule has 5 heteroatoms. The van der Waals surface area contributed by atoms with E-state index in [1.165, 1.54) is 6.33 Å². The third kappa shape index (κ3) is 4.56. The Balaban J connectivity index is 2.31. The van der Waals surface area contributed by atoms with Crippen LogP contribution in [-0.4, -0.2) is 37.3 Å². The molecule has 0 atom stereocenters. The predicted octanol–water partition coefficient (Wildman–Crippen LogP) is 2.02. The zero-order valence-electron chi connectivity index (χ0n) is 10.8. The van der Waals surface area contributed by atoms with E-state index in [1.807, 2.05) is 6.92 Å². The molecule has 1 heterocycles. The number of rotatable bonds is 8. The van der Waals surface area contributed by atoms with Gasteiger partial charge in [0, 0.05) is 20.3 Å². The van der Waals surface area contributed by atoms with Crippen LogP contribution in [0.4, 0.5) is 5.82 Å². The van der Waals surface area contributed by atoms with Crippen LogP contribution in [0.5, 0.6) is 5.88 Å². The number of anilines is 1. The molecule has 0 amide bonds. The van der Waals surface area contributed by atoms with E-state index in [0.717, 1.165) is 43.8 Å². The lowest BCUT2D eigenvalue weighted by Crippen LogP contribution is -2.07. The maximum atomic E-state index is 5.14. The molecule has 0 radical (unpaired) electrons. The highest BCUT2D eigenvalue weighted by Gasteiger charge is 2.05. The summed E-state index contributed by atoms with van der Waals surface area (Å²) in [5.41, 5.74) is 0.951. The van der Waals surface area contributed by atoms with E-state index >= 15 is 0 Å². The van der Waals surface area contributed by atoms with Gasteiger partial charge in [0.2, 0.25) is 5.88 Å². The highest BCUT2D eigenvalue weighted by Crippen LogP contribution is 2.19. The molecular weight excluding hydrogens is 218 g/mol. The number of unbranched alkanes of at least 4 members (excludes halogenated alkanes) is 2. The van der Waals surface area contributed by atoms with Gasteiger partial charge in [0.05, 0.1) is 12.7 Å². The largest absolute Gasteiger partial charge is 0.481 e. The Hall–Kier alpha value is -1.36. The van der Waals surface area contributed by atoms with Crippen LogP contribution in [0.1, 0.15) is 24.8 Å². The van der Waals surface area contributed by atoms with E-state index in [2.05, 4.69) is 15.3 Å². The van der Waals surface area contributed by atoms with Gasteiger partial charge in [0.1, 0.15) is 12.1 Å². The summed E-state index contributed by atoms with van der Waals surface area (Å²) in [5, 5.41) is 3.29. The monoisotopic (exact) mass is 239 g/mol. The van der Waals surface area contributed by atoms with E-state index in [-0.39, 0.29) is 0 Å². The fourth-order valence-electron chi connectivity index (χ4n) is 1.57. The Labute approximate surface area is 103 Å². The Kier molecular flexibility index (Phi) is 6.32. The van der Waals surface area contributed by atoms with Gasteiger partial charge in [0.25, 0.3) is 0 Å². The van der Waals surface area contributed by atoms with Crippen LogP contribution in [0.2, 0.25) is 0 Å². The fraction of sp³-hybridized carbons (Fsp3) is 0.667. The quantitative estimate of drug-likeness (QED) is 0.703. The Morgan fingerprint density at radius 2 is 2.00 bits per heavy atom. The summed E-state index contributed by atoms with van der Waals surface area (Å²) in [5.74, 6) is 1.48. The number of ether oxygens (including phenoxy) is 2. The molecule has 0 aromatic carbocycles. The molecule has 0 saturated heterocycles. The number of hydrogen-bond donors (Lipinski definition) is 1. The van der Waals surface area contributed by atoms with Crippen molar-refractivity contribution in [2.45, 2.75) is 26.2 Å². The first-order chi connectivity index (χ1) is 8.29. The van der Waals surface area contributed by atoms with Gasteiger partial charge >= 0.3 is 0 Å². The molecule has 0 saturated carbocycles. The molecule has 0 aliphatic rings. The van der Waals surface area contributed by atoms with Crippen molar-refractivity contribution < 1.29 is 9.47 Å². The number of nitrogens with one attached hydrogen (secondary N) is 1. The van der Waals surface area contributed by atoms with Crippen molar-refractivity contribution in [3.05, 3.63) is 11.9 Å². The molecule has 0 aliphatic heterocycles. The van der Waals surface area contributed by atoms with Crippen molar-refractivity contribution in [2.24, 2.45) is 0 Å². The van der Waals surface area contributed by atoms with Gasteiger partial charge < -0.3 is 14.8 Å². The fourth-order valence-corrected chi connectivity index (χ4v) is 1.57. The molecular formula is C12H21N3O2. The van der Waals surface area contributed by atoms with Crippen molar-refractivity contribution in [2.75, 3.05) is 32.7 Å². The molecule has 0 bridgehead atoms. The third-order valence-corrected chi connectivity index (χ3v) is 2.55. The minimum atomic E-state index is 0.627. The molecule has 0 unspecified atom stereocenters.